The van der Waals surface area contributed by atoms with Gasteiger partial charge >= 0.3 is 5.97 Å². The van der Waals surface area contributed by atoms with E-state index in [4.69, 9.17) is 14.2 Å². The van der Waals surface area contributed by atoms with E-state index in [0.29, 0.717) is 39.3 Å². The van der Waals surface area contributed by atoms with Crippen LogP contribution >= 0.6 is 11.3 Å². The SMILES string of the molecule is O=C(c1ccc(OCCN2CCCCC2)cc1)c1c(-c2ccc(O[C@@H]3O[C@H](C(=O)O)[C@@H](O)[C@@H](O)[C@H]3O)cc2)sc2cc(O)ccc12. The number of piperidine rings is 1. The molecule has 0 amide bonds. The third-order valence-corrected chi connectivity index (χ3v) is 9.53. The molecule has 3 heterocycles. The first-order chi connectivity index (χ1) is 22.2. The lowest BCUT2D eigenvalue weighted by Gasteiger charge is -2.38. The zero-order chi connectivity index (χ0) is 32.4. The van der Waals surface area contributed by atoms with Crippen LogP contribution in [0.1, 0.15) is 35.2 Å². The number of aromatic hydroxyl groups is 1. The molecule has 242 valence electrons. The number of carbonyl (C=O) groups excluding carboxylic acids is 1. The smallest absolute Gasteiger partial charge is 0.335 e. The Bertz CT molecular complexity index is 1680. The van der Waals surface area contributed by atoms with Crippen molar-refractivity contribution in [2.75, 3.05) is 26.2 Å². The van der Waals surface area contributed by atoms with E-state index in [9.17, 15) is 35.1 Å². The number of hydrogen-bond donors (Lipinski definition) is 5. The van der Waals surface area contributed by atoms with Crippen LogP contribution in [0.5, 0.6) is 17.2 Å². The molecule has 5 N–H and O–H groups in total. The average Bonchev–Trinajstić information content (AvgIpc) is 3.44. The van der Waals surface area contributed by atoms with Crippen LogP contribution in [0, 0.1) is 0 Å². The van der Waals surface area contributed by atoms with Gasteiger partial charge in [-0.05, 0) is 98.2 Å². The summed E-state index contributed by atoms with van der Waals surface area (Å²) < 4.78 is 17.5. The number of carbonyl (C=O) groups is 2. The highest BCUT2D eigenvalue weighted by atomic mass is 32.1. The number of aliphatic carboxylic acids is 1. The van der Waals surface area contributed by atoms with Crippen molar-refractivity contribution in [1.29, 1.82) is 0 Å². The summed E-state index contributed by atoms with van der Waals surface area (Å²) in [6.07, 6.45) is -4.93. The Hall–Kier alpha value is -4.04. The topological polar surface area (TPSA) is 166 Å². The first-order valence-electron chi connectivity index (χ1n) is 15.1. The number of rotatable bonds is 10. The van der Waals surface area contributed by atoms with Crippen LogP contribution in [-0.2, 0) is 9.53 Å². The predicted octanol–water partition coefficient (Wildman–Crippen LogP) is 3.64. The number of hydrogen-bond acceptors (Lipinski definition) is 11. The van der Waals surface area contributed by atoms with E-state index in [1.807, 2.05) is 0 Å². The number of aliphatic hydroxyl groups excluding tert-OH is 3. The van der Waals surface area contributed by atoms with Crippen LogP contribution in [0.3, 0.4) is 0 Å². The first-order valence-corrected chi connectivity index (χ1v) is 16.0. The molecule has 2 aliphatic rings. The van der Waals surface area contributed by atoms with Crippen LogP contribution in [0.4, 0.5) is 0 Å². The van der Waals surface area contributed by atoms with Crippen LogP contribution in [0.15, 0.2) is 66.7 Å². The number of fused-ring (bicyclic) bond motifs is 1. The highest BCUT2D eigenvalue weighted by Crippen LogP contribution is 2.42. The van der Waals surface area contributed by atoms with Crippen LogP contribution < -0.4 is 9.47 Å². The zero-order valence-electron chi connectivity index (χ0n) is 24.8. The molecule has 0 spiro atoms. The van der Waals surface area contributed by atoms with Crippen molar-refractivity contribution < 1.29 is 49.3 Å². The number of ketones is 1. The highest BCUT2D eigenvalue weighted by Gasteiger charge is 2.48. The number of ether oxygens (including phenoxy) is 3. The van der Waals surface area contributed by atoms with Crippen LogP contribution in [0.25, 0.3) is 20.5 Å². The molecule has 1 aromatic heterocycles. The van der Waals surface area contributed by atoms with Gasteiger partial charge in [-0.15, -0.1) is 11.3 Å². The Morgan fingerprint density at radius 3 is 2.26 bits per heavy atom. The molecule has 4 aromatic rings. The molecule has 5 atom stereocenters. The summed E-state index contributed by atoms with van der Waals surface area (Å²) in [5.41, 5.74) is 1.63. The van der Waals surface area contributed by atoms with Crippen molar-refractivity contribution in [3.8, 4) is 27.7 Å². The van der Waals surface area contributed by atoms with E-state index < -0.39 is 36.7 Å². The standard InChI is InChI=1S/C34H35NO10S/c36-21-8-13-24-25(18-21)46-32(20-6-11-23(12-7-20)44-34-30(40)28(38)29(39)31(45-34)33(41)42)26(24)27(37)19-4-9-22(10-5-19)43-17-16-35-14-2-1-3-15-35/h4-13,18,28-31,34,36,38-40H,1-3,14-17H2,(H,41,42)/t28-,29+,30-,31+,34-/m1/s1. The fourth-order valence-electron chi connectivity index (χ4n) is 5.80. The Labute approximate surface area is 268 Å². The average molecular weight is 650 g/mol. The summed E-state index contributed by atoms with van der Waals surface area (Å²) in [7, 11) is 0. The van der Waals surface area contributed by atoms with E-state index in [1.165, 1.54) is 36.7 Å². The van der Waals surface area contributed by atoms with Crippen LogP contribution in [0.2, 0.25) is 0 Å². The fraction of sp³-hybridized carbons (Fsp3) is 0.353. The van der Waals surface area contributed by atoms with Crippen molar-refractivity contribution in [3.63, 3.8) is 0 Å². The fourth-order valence-corrected chi connectivity index (χ4v) is 7.04. The van der Waals surface area contributed by atoms with Gasteiger partial charge in [0, 0.05) is 32.6 Å². The van der Waals surface area contributed by atoms with Crippen molar-refractivity contribution in [2.24, 2.45) is 0 Å². The largest absolute Gasteiger partial charge is 0.508 e. The van der Waals surface area contributed by atoms with Gasteiger partial charge in [-0.2, -0.15) is 0 Å². The van der Waals surface area contributed by atoms with Crippen molar-refractivity contribution in [3.05, 3.63) is 77.9 Å². The van der Waals surface area contributed by atoms with Gasteiger partial charge in [-0.3, -0.25) is 9.69 Å². The lowest BCUT2D eigenvalue weighted by atomic mass is 9.97. The summed E-state index contributed by atoms with van der Waals surface area (Å²) >= 11 is 1.35. The lowest BCUT2D eigenvalue weighted by Crippen LogP contribution is -2.61. The molecular formula is C34H35NO10S. The lowest BCUT2D eigenvalue weighted by molar-refractivity contribution is -0.271. The molecular weight excluding hydrogens is 614 g/mol. The number of nitrogens with zero attached hydrogens (tertiary/aromatic N) is 1. The molecule has 0 saturated carbocycles. The second-order valence-corrected chi connectivity index (χ2v) is 12.5. The van der Waals surface area contributed by atoms with Gasteiger partial charge in [0.2, 0.25) is 6.29 Å². The van der Waals surface area contributed by atoms with Crippen molar-refractivity contribution >= 4 is 33.2 Å². The number of phenolic OH excluding ortho intramolecular Hbond substituents is 1. The van der Waals surface area contributed by atoms with Gasteiger partial charge in [0.15, 0.2) is 11.9 Å². The molecule has 2 aliphatic heterocycles. The minimum absolute atomic E-state index is 0.0760. The number of likely N-dealkylation sites (tertiary alicyclic amines) is 1. The molecule has 0 aliphatic carbocycles. The molecule has 2 fully saturated rings. The summed E-state index contributed by atoms with van der Waals surface area (Å²) in [5, 5.41) is 50.4. The molecule has 2 saturated heterocycles. The second-order valence-electron chi connectivity index (χ2n) is 11.5. The maximum Gasteiger partial charge on any atom is 0.335 e. The monoisotopic (exact) mass is 649 g/mol. The third-order valence-electron chi connectivity index (χ3n) is 8.32. The first kappa shape index (κ1) is 31.9. The summed E-state index contributed by atoms with van der Waals surface area (Å²) in [4.78, 5) is 28.5. The Morgan fingerprint density at radius 1 is 0.870 bits per heavy atom. The van der Waals surface area contributed by atoms with Gasteiger partial charge in [-0.1, -0.05) is 6.42 Å². The van der Waals surface area contributed by atoms with Gasteiger partial charge in [0.05, 0.1) is 0 Å². The summed E-state index contributed by atoms with van der Waals surface area (Å²) in [6, 6.07) is 18.5. The molecule has 0 unspecified atom stereocenters. The molecule has 0 radical (unpaired) electrons. The normalized spacial score (nSPS) is 23.7. The van der Waals surface area contributed by atoms with Crippen molar-refractivity contribution in [2.45, 2.75) is 50.0 Å². The highest BCUT2D eigenvalue weighted by molar-refractivity contribution is 7.22. The predicted molar refractivity (Wildman–Crippen MR) is 170 cm³/mol. The maximum absolute atomic E-state index is 14.0. The van der Waals surface area contributed by atoms with Gasteiger partial charge in [-0.25, -0.2) is 4.79 Å². The van der Waals surface area contributed by atoms with E-state index in [2.05, 4.69) is 4.90 Å². The van der Waals surface area contributed by atoms with E-state index in [1.54, 1.807) is 60.7 Å². The van der Waals surface area contributed by atoms with Crippen molar-refractivity contribution in [1.82, 2.24) is 4.90 Å². The van der Waals surface area contributed by atoms with Gasteiger partial charge in [0.1, 0.15) is 42.2 Å². The number of aliphatic hydroxyl groups is 3. The number of carboxylic acid groups (broad SMARTS) is 1. The molecule has 3 aromatic carbocycles. The maximum atomic E-state index is 14.0. The Kier molecular flexibility index (Phi) is 9.54. The number of benzene rings is 3. The minimum Gasteiger partial charge on any atom is -0.508 e. The molecule has 11 nitrogen and oxygen atoms in total. The van der Waals surface area contributed by atoms with Gasteiger partial charge < -0.3 is 39.7 Å². The second kappa shape index (κ2) is 13.8. The molecule has 6 rings (SSSR count). The number of phenols is 1. The molecule has 0 bridgehead atoms. The number of carboxylic acids is 1. The van der Waals surface area contributed by atoms with E-state index in [-0.39, 0.29) is 17.3 Å². The summed E-state index contributed by atoms with van der Waals surface area (Å²) in [5.74, 6) is -0.744. The molecule has 46 heavy (non-hydrogen) atoms. The van der Waals surface area contributed by atoms with E-state index >= 15 is 0 Å². The zero-order valence-corrected chi connectivity index (χ0v) is 25.6. The van der Waals surface area contributed by atoms with Gasteiger partial charge in [0.25, 0.3) is 0 Å². The minimum atomic E-state index is -1.83. The molecule has 12 heteroatoms. The number of thiophene rings is 1. The summed E-state index contributed by atoms with van der Waals surface area (Å²) in [6.45, 7) is 3.64. The Balaban J connectivity index is 1.21. The third kappa shape index (κ3) is 6.73. The van der Waals surface area contributed by atoms with E-state index in [0.717, 1.165) is 24.3 Å². The quantitative estimate of drug-likeness (QED) is 0.159. The Morgan fingerprint density at radius 2 is 1.57 bits per heavy atom. The van der Waals surface area contributed by atoms with Crippen LogP contribution in [-0.4, -0.2) is 99.1 Å².